The summed E-state index contributed by atoms with van der Waals surface area (Å²) in [6.45, 7) is 2.39. The first kappa shape index (κ1) is 23.9. The SMILES string of the molecule is CCOc1ccc2ccccc2c1C(=O)Nc1nc(CSCc2cc(OC)cc(OC)c2)cs1. The first-order valence-corrected chi connectivity index (χ1v) is 12.8. The van der Waals surface area contributed by atoms with E-state index in [4.69, 9.17) is 14.2 Å². The van der Waals surface area contributed by atoms with Crippen molar-refractivity contribution in [2.75, 3.05) is 26.1 Å². The van der Waals surface area contributed by atoms with E-state index in [9.17, 15) is 4.79 Å². The number of thioether (sulfide) groups is 1. The van der Waals surface area contributed by atoms with Crippen LogP contribution in [0, 0.1) is 0 Å². The van der Waals surface area contributed by atoms with Crippen LogP contribution in [0.3, 0.4) is 0 Å². The number of nitrogens with zero attached hydrogens (tertiary/aromatic N) is 1. The number of anilines is 1. The molecule has 0 atom stereocenters. The molecule has 6 nitrogen and oxygen atoms in total. The maximum absolute atomic E-state index is 13.2. The van der Waals surface area contributed by atoms with E-state index in [-0.39, 0.29) is 5.91 Å². The van der Waals surface area contributed by atoms with Crippen molar-refractivity contribution in [1.29, 1.82) is 0 Å². The minimum absolute atomic E-state index is 0.225. The summed E-state index contributed by atoms with van der Waals surface area (Å²) in [5.41, 5.74) is 2.56. The van der Waals surface area contributed by atoms with E-state index in [1.54, 1.807) is 26.0 Å². The molecule has 0 saturated heterocycles. The van der Waals surface area contributed by atoms with Gasteiger partial charge in [-0.1, -0.05) is 30.3 Å². The van der Waals surface area contributed by atoms with E-state index in [1.165, 1.54) is 11.3 Å². The Hall–Kier alpha value is -3.23. The summed E-state index contributed by atoms with van der Waals surface area (Å²) < 4.78 is 16.4. The molecule has 0 saturated carbocycles. The molecule has 4 aromatic rings. The van der Waals surface area contributed by atoms with Gasteiger partial charge in [0.1, 0.15) is 17.2 Å². The van der Waals surface area contributed by atoms with Crippen molar-refractivity contribution >= 4 is 44.9 Å². The molecular formula is C26H26N2O4S2. The fourth-order valence-electron chi connectivity index (χ4n) is 3.57. The van der Waals surface area contributed by atoms with Gasteiger partial charge in [-0.25, -0.2) is 4.98 Å². The van der Waals surface area contributed by atoms with Crippen molar-refractivity contribution in [2.45, 2.75) is 18.4 Å². The van der Waals surface area contributed by atoms with Crippen LogP contribution in [0.5, 0.6) is 17.2 Å². The van der Waals surface area contributed by atoms with Crippen LogP contribution in [0.25, 0.3) is 10.8 Å². The Morgan fingerprint density at radius 1 is 1.03 bits per heavy atom. The molecule has 34 heavy (non-hydrogen) atoms. The summed E-state index contributed by atoms with van der Waals surface area (Å²) in [7, 11) is 3.29. The molecule has 0 radical (unpaired) electrons. The highest BCUT2D eigenvalue weighted by molar-refractivity contribution is 7.97. The number of methoxy groups -OCH3 is 2. The lowest BCUT2D eigenvalue weighted by molar-refractivity contribution is 0.102. The number of amides is 1. The van der Waals surface area contributed by atoms with Crippen LogP contribution in [0.1, 0.15) is 28.5 Å². The summed E-state index contributed by atoms with van der Waals surface area (Å²) in [5.74, 6) is 3.41. The molecule has 3 aromatic carbocycles. The Balaban J connectivity index is 1.43. The lowest BCUT2D eigenvalue weighted by atomic mass is 10.0. The van der Waals surface area contributed by atoms with E-state index in [1.807, 2.05) is 66.9 Å². The number of aromatic nitrogens is 1. The minimum atomic E-state index is -0.225. The molecule has 0 aliphatic rings. The Labute approximate surface area is 207 Å². The smallest absolute Gasteiger partial charge is 0.261 e. The fourth-order valence-corrected chi connectivity index (χ4v) is 5.25. The van der Waals surface area contributed by atoms with Crippen LogP contribution < -0.4 is 19.5 Å². The van der Waals surface area contributed by atoms with E-state index >= 15 is 0 Å². The number of hydrogen-bond acceptors (Lipinski definition) is 7. The van der Waals surface area contributed by atoms with E-state index in [2.05, 4.69) is 10.3 Å². The Bertz CT molecular complexity index is 1270. The number of fused-ring (bicyclic) bond motifs is 1. The molecule has 0 aliphatic carbocycles. The molecule has 8 heteroatoms. The zero-order chi connectivity index (χ0) is 23.9. The molecule has 0 bridgehead atoms. The van der Waals surface area contributed by atoms with Gasteiger partial charge in [0.25, 0.3) is 5.91 Å². The Morgan fingerprint density at radius 2 is 1.79 bits per heavy atom. The van der Waals surface area contributed by atoms with Crippen molar-refractivity contribution in [3.05, 3.63) is 76.8 Å². The predicted molar refractivity (Wildman–Crippen MR) is 140 cm³/mol. The van der Waals surface area contributed by atoms with Crippen molar-refractivity contribution in [3.8, 4) is 17.2 Å². The number of nitrogens with one attached hydrogen (secondary N) is 1. The molecule has 1 N–H and O–H groups in total. The maximum Gasteiger partial charge on any atom is 0.261 e. The van der Waals surface area contributed by atoms with Crippen molar-refractivity contribution in [3.63, 3.8) is 0 Å². The highest BCUT2D eigenvalue weighted by Crippen LogP contribution is 2.30. The summed E-state index contributed by atoms with van der Waals surface area (Å²) in [6.07, 6.45) is 0. The van der Waals surface area contributed by atoms with Crippen LogP contribution >= 0.6 is 23.1 Å². The molecular weight excluding hydrogens is 468 g/mol. The highest BCUT2D eigenvalue weighted by Gasteiger charge is 2.18. The summed E-state index contributed by atoms with van der Waals surface area (Å²) in [4.78, 5) is 17.8. The normalized spacial score (nSPS) is 10.8. The number of hydrogen-bond donors (Lipinski definition) is 1. The maximum atomic E-state index is 13.2. The highest BCUT2D eigenvalue weighted by atomic mass is 32.2. The zero-order valence-corrected chi connectivity index (χ0v) is 20.9. The van der Waals surface area contributed by atoms with Crippen LogP contribution in [-0.4, -0.2) is 31.7 Å². The van der Waals surface area contributed by atoms with Crippen LogP contribution in [0.15, 0.2) is 60.0 Å². The van der Waals surface area contributed by atoms with E-state index in [0.717, 1.165) is 45.0 Å². The lowest BCUT2D eigenvalue weighted by Crippen LogP contribution is -2.14. The van der Waals surface area contributed by atoms with E-state index in [0.29, 0.717) is 23.1 Å². The zero-order valence-electron chi connectivity index (χ0n) is 19.3. The van der Waals surface area contributed by atoms with Gasteiger partial charge in [0.05, 0.1) is 32.1 Å². The predicted octanol–water partition coefficient (Wildman–Crippen LogP) is 6.40. The largest absolute Gasteiger partial charge is 0.497 e. The molecule has 1 amide bonds. The number of rotatable bonds is 10. The van der Waals surface area contributed by atoms with Crippen LogP contribution in [0.4, 0.5) is 5.13 Å². The molecule has 0 unspecified atom stereocenters. The Morgan fingerprint density at radius 3 is 2.53 bits per heavy atom. The number of ether oxygens (including phenoxy) is 3. The molecule has 4 rings (SSSR count). The van der Waals surface area contributed by atoms with E-state index < -0.39 is 0 Å². The molecule has 0 spiro atoms. The average Bonchev–Trinajstić information content (AvgIpc) is 3.30. The average molecular weight is 495 g/mol. The molecule has 0 aliphatic heterocycles. The minimum Gasteiger partial charge on any atom is -0.497 e. The summed E-state index contributed by atoms with van der Waals surface area (Å²) >= 11 is 3.16. The van der Waals surface area contributed by atoms with Gasteiger partial charge in [-0.05, 0) is 41.5 Å². The monoisotopic (exact) mass is 494 g/mol. The second kappa shape index (κ2) is 11.3. The van der Waals surface area contributed by atoms with Gasteiger partial charge in [-0.15, -0.1) is 11.3 Å². The third-order valence-corrected chi connectivity index (χ3v) is 6.96. The standard InChI is InChI=1S/C26H26N2O4S2/c1-4-32-23-10-9-18-7-5-6-8-22(18)24(23)25(29)28-26-27-19(16-34-26)15-33-14-17-11-20(30-2)13-21(12-17)31-3/h5-13,16H,4,14-15H2,1-3H3,(H,27,28,29). The first-order chi connectivity index (χ1) is 16.6. The van der Waals surface area contributed by atoms with Crippen LogP contribution in [0.2, 0.25) is 0 Å². The van der Waals surface area contributed by atoms with Gasteiger partial charge in [0.15, 0.2) is 5.13 Å². The Kier molecular flexibility index (Phi) is 7.92. The third-order valence-electron chi connectivity index (χ3n) is 5.12. The fraction of sp³-hybridized carbons (Fsp3) is 0.231. The van der Waals surface area contributed by atoms with Gasteiger partial charge in [0.2, 0.25) is 0 Å². The molecule has 1 aromatic heterocycles. The van der Waals surface area contributed by atoms with Gasteiger partial charge in [-0.2, -0.15) is 11.8 Å². The van der Waals surface area contributed by atoms with Gasteiger partial charge in [0, 0.05) is 23.0 Å². The number of carbonyl (C=O) groups excluding carboxylic acids is 1. The summed E-state index contributed by atoms with van der Waals surface area (Å²) in [6, 6.07) is 17.5. The van der Waals surface area contributed by atoms with Crippen molar-refractivity contribution in [2.24, 2.45) is 0 Å². The van der Waals surface area contributed by atoms with Crippen LogP contribution in [-0.2, 0) is 11.5 Å². The quantitative estimate of drug-likeness (QED) is 0.275. The molecule has 1 heterocycles. The first-order valence-electron chi connectivity index (χ1n) is 10.8. The number of benzene rings is 3. The van der Waals surface area contributed by atoms with Gasteiger partial charge in [-0.3, -0.25) is 10.1 Å². The lowest BCUT2D eigenvalue weighted by Gasteiger charge is -2.12. The molecule has 176 valence electrons. The van der Waals surface area contributed by atoms with Crippen molar-refractivity contribution < 1.29 is 19.0 Å². The van der Waals surface area contributed by atoms with Gasteiger partial charge >= 0.3 is 0 Å². The number of carbonyl (C=O) groups is 1. The summed E-state index contributed by atoms with van der Waals surface area (Å²) in [5, 5.41) is 7.34. The topological polar surface area (TPSA) is 69.7 Å². The number of thiazole rings is 1. The van der Waals surface area contributed by atoms with Gasteiger partial charge < -0.3 is 14.2 Å². The third kappa shape index (κ3) is 5.63. The second-order valence-corrected chi connectivity index (χ2v) is 9.25. The molecule has 0 fully saturated rings. The van der Waals surface area contributed by atoms with Crippen molar-refractivity contribution in [1.82, 2.24) is 4.98 Å². The second-order valence-electron chi connectivity index (χ2n) is 7.40.